The molecule has 0 saturated carbocycles. The molecule has 0 aromatic carbocycles. The Balaban J connectivity index is 2.27. The first-order valence-electron chi connectivity index (χ1n) is 3.45. The summed E-state index contributed by atoms with van der Waals surface area (Å²) in [6.07, 6.45) is 1.71. The summed E-state index contributed by atoms with van der Waals surface area (Å²) in [6.45, 7) is 4.22. The van der Waals surface area contributed by atoms with Crippen molar-refractivity contribution < 1.29 is 4.74 Å². The quantitative estimate of drug-likeness (QED) is 0.601. The zero-order valence-corrected chi connectivity index (χ0v) is 8.48. The van der Waals surface area contributed by atoms with E-state index < -0.39 is 0 Å². The van der Waals surface area contributed by atoms with Gasteiger partial charge in [0.25, 0.3) is 0 Å². The smallest absolute Gasteiger partial charge is 0.211 e. The van der Waals surface area contributed by atoms with Gasteiger partial charge in [-0.25, -0.2) is 9.67 Å². The van der Waals surface area contributed by atoms with Crippen molar-refractivity contribution in [1.29, 1.82) is 0 Å². The molecule has 0 bridgehead atoms. The monoisotopic (exact) mass is 267 g/mol. The molecule has 62 valence electrons. The number of nitrogens with zero attached hydrogens (tertiary/aromatic N) is 3. The van der Waals surface area contributed by atoms with E-state index in [1.54, 1.807) is 11.0 Å². The van der Waals surface area contributed by atoms with E-state index in [4.69, 9.17) is 4.74 Å². The molecule has 0 aliphatic heterocycles. The second kappa shape index (κ2) is 4.66. The van der Waals surface area contributed by atoms with Gasteiger partial charge in [0.2, 0.25) is 3.83 Å². The van der Waals surface area contributed by atoms with Gasteiger partial charge in [-0.05, 0) is 6.92 Å². The highest BCUT2D eigenvalue weighted by Gasteiger charge is 1.94. The third-order valence-electron chi connectivity index (χ3n) is 1.18. The summed E-state index contributed by atoms with van der Waals surface area (Å²) in [5.41, 5.74) is 0. The van der Waals surface area contributed by atoms with Crippen LogP contribution < -0.4 is 0 Å². The van der Waals surface area contributed by atoms with Crippen molar-refractivity contribution >= 4 is 22.6 Å². The minimum Gasteiger partial charge on any atom is -0.380 e. The molecule has 0 N–H and O–H groups in total. The van der Waals surface area contributed by atoms with E-state index in [2.05, 4.69) is 32.7 Å². The van der Waals surface area contributed by atoms with E-state index in [1.165, 1.54) is 0 Å². The number of hydrogen-bond donors (Lipinski definition) is 0. The highest BCUT2D eigenvalue weighted by Crippen LogP contribution is 1.93. The summed E-state index contributed by atoms with van der Waals surface area (Å²) in [6, 6.07) is 0. The van der Waals surface area contributed by atoms with Crippen molar-refractivity contribution in [3.8, 4) is 0 Å². The average Bonchev–Trinajstić information content (AvgIpc) is 2.37. The van der Waals surface area contributed by atoms with Crippen LogP contribution in [0.25, 0.3) is 0 Å². The first kappa shape index (κ1) is 8.92. The van der Waals surface area contributed by atoms with E-state index in [1.807, 2.05) is 6.92 Å². The molecule has 0 spiro atoms. The van der Waals surface area contributed by atoms with Gasteiger partial charge in [-0.2, -0.15) is 0 Å². The van der Waals surface area contributed by atoms with Crippen molar-refractivity contribution in [2.75, 3.05) is 13.2 Å². The SMILES string of the molecule is CCOCCn1cnc(I)n1. The van der Waals surface area contributed by atoms with Gasteiger partial charge in [-0.15, -0.1) is 5.10 Å². The fraction of sp³-hybridized carbons (Fsp3) is 0.667. The van der Waals surface area contributed by atoms with Gasteiger partial charge in [0.05, 0.1) is 13.2 Å². The number of hydrogen-bond acceptors (Lipinski definition) is 3. The zero-order chi connectivity index (χ0) is 8.10. The summed E-state index contributed by atoms with van der Waals surface area (Å²) < 4.78 is 7.71. The molecule has 1 aromatic rings. The molecule has 0 fully saturated rings. The van der Waals surface area contributed by atoms with Crippen LogP contribution >= 0.6 is 22.6 Å². The molecule has 5 heteroatoms. The van der Waals surface area contributed by atoms with Crippen molar-refractivity contribution in [2.24, 2.45) is 0 Å². The molecular weight excluding hydrogens is 257 g/mol. The molecule has 0 atom stereocenters. The number of ether oxygens (including phenoxy) is 1. The van der Waals surface area contributed by atoms with Crippen LogP contribution in [0.15, 0.2) is 6.33 Å². The van der Waals surface area contributed by atoms with Gasteiger partial charge in [-0.3, -0.25) is 0 Å². The Labute approximate surface area is 79.1 Å². The van der Waals surface area contributed by atoms with Crippen molar-refractivity contribution in [2.45, 2.75) is 13.5 Å². The molecule has 0 amide bonds. The number of halogens is 1. The first-order valence-corrected chi connectivity index (χ1v) is 4.53. The Bertz CT molecular complexity index is 213. The maximum Gasteiger partial charge on any atom is 0.211 e. The normalized spacial score (nSPS) is 10.4. The van der Waals surface area contributed by atoms with E-state index >= 15 is 0 Å². The van der Waals surface area contributed by atoms with Gasteiger partial charge in [-0.1, -0.05) is 0 Å². The Hall–Kier alpha value is -0.170. The molecule has 0 saturated heterocycles. The van der Waals surface area contributed by atoms with Crippen LogP contribution in [0.3, 0.4) is 0 Å². The molecule has 0 radical (unpaired) electrons. The second-order valence-electron chi connectivity index (χ2n) is 1.97. The summed E-state index contributed by atoms with van der Waals surface area (Å²) >= 11 is 2.08. The molecule has 1 aromatic heterocycles. The molecule has 0 aliphatic carbocycles. The fourth-order valence-corrected chi connectivity index (χ4v) is 1.08. The number of rotatable bonds is 4. The second-order valence-corrected chi connectivity index (χ2v) is 2.94. The number of aromatic nitrogens is 3. The van der Waals surface area contributed by atoms with E-state index in [0.29, 0.717) is 6.61 Å². The fourth-order valence-electron chi connectivity index (χ4n) is 0.682. The van der Waals surface area contributed by atoms with Crippen LogP contribution in [0.5, 0.6) is 0 Å². The largest absolute Gasteiger partial charge is 0.380 e. The first-order chi connectivity index (χ1) is 5.33. The Morgan fingerprint density at radius 3 is 3.09 bits per heavy atom. The summed E-state index contributed by atoms with van der Waals surface area (Å²) in [4.78, 5) is 3.98. The van der Waals surface area contributed by atoms with Crippen molar-refractivity contribution in [3.05, 3.63) is 10.2 Å². The molecule has 0 aliphatic rings. The molecule has 4 nitrogen and oxygen atoms in total. The summed E-state index contributed by atoms with van der Waals surface area (Å²) in [5.74, 6) is 0. The van der Waals surface area contributed by atoms with Crippen molar-refractivity contribution in [3.63, 3.8) is 0 Å². The summed E-state index contributed by atoms with van der Waals surface area (Å²) in [7, 11) is 0. The van der Waals surface area contributed by atoms with E-state index in [0.717, 1.165) is 17.0 Å². The van der Waals surface area contributed by atoms with Gasteiger partial charge in [0, 0.05) is 29.2 Å². The van der Waals surface area contributed by atoms with Crippen LogP contribution in [0.1, 0.15) is 6.92 Å². The minimum absolute atomic E-state index is 0.704. The van der Waals surface area contributed by atoms with E-state index in [9.17, 15) is 0 Å². The lowest BCUT2D eigenvalue weighted by atomic mass is 10.7. The highest BCUT2D eigenvalue weighted by atomic mass is 127. The van der Waals surface area contributed by atoms with Crippen LogP contribution in [0.4, 0.5) is 0 Å². The molecule has 0 unspecified atom stereocenters. The molecule has 11 heavy (non-hydrogen) atoms. The van der Waals surface area contributed by atoms with E-state index in [-0.39, 0.29) is 0 Å². The van der Waals surface area contributed by atoms with Gasteiger partial charge in [0.1, 0.15) is 6.33 Å². The van der Waals surface area contributed by atoms with Crippen LogP contribution in [-0.4, -0.2) is 28.0 Å². The van der Waals surface area contributed by atoms with Gasteiger partial charge in [0.15, 0.2) is 0 Å². The Morgan fingerprint density at radius 1 is 1.73 bits per heavy atom. The third kappa shape index (κ3) is 3.15. The van der Waals surface area contributed by atoms with Crippen LogP contribution in [0.2, 0.25) is 0 Å². The standard InChI is InChI=1S/C6H10IN3O/c1-2-11-4-3-10-5-8-6(7)9-10/h5H,2-4H2,1H3. The maximum atomic E-state index is 5.16. The lowest BCUT2D eigenvalue weighted by molar-refractivity contribution is 0.136. The molecular formula is C6H10IN3O. The molecule has 1 rings (SSSR count). The summed E-state index contributed by atoms with van der Waals surface area (Å²) in [5, 5.41) is 4.09. The predicted octanol–water partition coefficient (Wildman–Crippen LogP) is 0.919. The van der Waals surface area contributed by atoms with Gasteiger partial charge >= 0.3 is 0 Å². The topological polar surface area (TPSA) is 39.9 Å². The van der Waals surface area contributed by atoms with Crippen molar-refractivity contribution in [1.82, 2.24) is 14.8 Å². The average molecular weight is 267 g/mol. The Morgan fingerprint density at radius 2 is 2.55 bits per heavy atom. The zero-order valence-electron chi connectivity index (χ0n) is 6.33. The van der Waals surface area contributed by atoms with Crippen LogP contribution in [-0.2, 0) is 11.3 Å². The maximum absolute atomic E-state index is 5.16. The highest BCUT2D eigenvalue weighted by molar-refractivity contribution is 14.1. The van der Waals surface area contributed by atoms with Crippen LogP contribution in [0, 0.1) is 3.83 Å². The van der Waals surface area contributed by atoms with Gasteiger partial charge < -0.3 is 4.74 Å². The predicted molar refractivity (Wildman–Crippen MR) is 49.2 cm³/mol. The minimum atomic E-state index is 0.704. The third-order valence-corrected chi connectivity index (χ3v) is 1.67. The Kier molecular flexibility index (Phi) is 3.78. The lowest BCUT2D eigenvalue weighted by Crippen LogP contribution is -2.06. The molecule has 1 heterocycles. The lowest BCUT2D eigenvalue weighted by Gasteiger charge is -1.99.